The fourth-order valence-electron chi connectivity index (χ4n) is 3.60. The molecule has 1 aliphatic rings. The number of carbonyl (C=O) groups is 1. The fraction of sp³-hybridized carbons (Fsp3) is 0.286. The monoisotopic (exact) mass is 522 g/mol. The largest absolute Gasteiger partial charge is 0.573 e. The van der Waals surface area contributed by atoms with Crippen LogP contribution in [0.4, 0.5) is 37.7 Å². The molecule has 2 aromatic rings. The van der Waals surface area contributed by atoms with Gasteiger partial charge in [0.15, 0.2) is 0 Å². The number of nitrogens with zero attached hydrogens (tertiary/aromatic N) is 1. The number of ether oxygens (including phenoxy) is 1. The Hall–Kier alpha value is -2.69. The predicted octanol–water partition coefficient (Wildman–Crippen LogP) is 6.88. The lowest BCUT2D eigenvalue weighted by molar-refractivity contribution is -0.274. The number of hydrogen-bond acceptors (Lipinski definition) is 3. The van der Waals surface area contributed by atoms with Crippen LogP contribution in [0.25, 0.3) is 0 Å². The maximum absolute atomic E-state index is 13.5. The van der Waals surface area contributed by atoms with Crippen LogP contribution in [-0.2, 0) is 11.0 Å². The van der Waals surface area contributed by atoms with Gasteiger partial charge in [-0.25, -0.2) is 0 Å². The maximum atomic E-state index is 13.5. The van der Waals surface area contributed by atoms with Crippen molar-refractivity contribution >= 4 is 33.2 Å². The van der Waals surface area contributed by atoms with Gasteiger partial charge in [-0.15, -0.1) is 13.2 Å². The summed E-state index contributed by atoms with van der Waals surface area (Å²) in [6.07, 6.45) is -9.24. The van der Waals surface area contributed by atoms with Crippen LogP contribution in [0.1, 0.15) is 25.8 Å². The van der Waals surface area contributed by atoms with Crippen LogP contribution < -0.4 is 15.0 Å². The van der Waals surface area contributed by atoms with Crippen LogP contribution in [0.3, 0.4) is 0 Å². The maximum Gasteiger partial charge on any atom is 0.573 e. The Morgan fingerprint density at radius 2 is 1.78 bits per heavy atom. The van der Waals surface area contributed by atoms with Gasteiger partial charge in [-0.05, 0) is 60.1 Å². The highest BCUT2D eigenvalue weighted by molar-refractivity contribution is 9.10. The Morgan fingerprint density at radius 3 is 2.38 bits per heavy atom. The SMILES string of the molecule is CC1=C(C(=O)Nc2ccc(OC(F)(F)F)c(Br)c2)CC(C)N1c1ccccc1C(F)(F)F. The van der Waals surface area contributed by atoms with Crippen molar-refractivity contribution in [3.8, 4) is 5.75 Å². The number of para-hydroxylation sites is 1. The first kappa shape index (κ1) is 24.0. The molecule has 0 bridgehead atoms. The van der Waals surface area contributed by atoms with Gasteiger partial charge in [-0.2, -0.15) is 13.2 Å². The van der Waals surface area contributed by atoms with Crippen molar-refractivity contribution < 1.29 is 35.9 Å². The number of amides is 1. The lowest BCUT2D eigenvalue weighted by atomic mass is 10.1. The molecule has 0 saturated carbocycles. The molecule has 3 rings (SSSR count). The lowest BCUT2D eigenvalue weighted by Gasteiger charge is -2.28. The van der Waals surface area contributed by atoms with E-state index in [1.165, 1.54) is 35.2 Å². The highest BCUT2D eigenvalue weighted by atomic mass is 79.9. The number of nitrogens with one attached hydrogen (secondary N) is 1. The van der Waals surface area contributed by atoms with E-state index in [0.717, 1.165) is 12.1 Å². The number of allylic oxidation sites excluding steroid dienone is 1. The van der Waals surface area contributed by atoms with Crippen molar-refractivity contribution in [3.05, 3.63) is 63.8 Å². The average Bonchev–Trinajstić information content (AvgIpc) is 2.96. The summed E-state index contributed by atoms with van der Waals surface area (Å²) in [5.74, 6) is -1.03. The molecule has 0 aliphatic carbocycles. The molecule has 0 aromatic heterocycles. The molecule has 0 radical (unpaired) electrons. The molecule has 0 spiro atoms. The van der Waals surface area contributed by atoms with Crippen LogP contribution in [0, 0.1) is 0 Å². The zero-order valence-electron chi connectivity index (χ0n) is 16.7. The van der Waals surface area contributed by atoms with Crippen LogP contribution in [0.5, 0.6) is 5.75 Å². The second kappa shape index (κ2) is 8.68. The Balaban J connectivity index is 1.86. The number of rotatable bonds is 4. The molecular weight excluding hydrogens is 506 g/mol. The number of hydrogen-bond donors (Lipinski definition) is 1. The molecule has 1 N–H and O–H groups in total. The minimum atomic E-state index is -4.87. The summed E-state index contributed by atoms with van der Waals surface area (Å²) in [6, 6.07) is 8.22. The number of halogens is 7. The van der Waals surface area contributed by atoms with E-state index < -0.39 is 35.8 Å². The van der Waals surface area contributed by atoms with E-state index in [2.05, 4.69) is 26.0 Å². The third-order valence-corrected chi connectivity index (χ3v) is 5.52. The van der Waals surface area contributed by atoms with Gasteiger partial charge in [0.2, 0.25) is 0 Å². The molecule has 4 nitrogen and oxygen atoms in total. The third kappa shape index (κ3) is 5.20. The molecular formula is C21H17BrF6N2O2. The van der Waals surface area contributed by atoms with E-state index in [9.17, 15) is 31.1 Å². The van der Waals surface area contributed by atoms with E-state index >= 15 is 0 Å². The summed E-state index contributed by atoms with van der Waals surface area (Å²) < 4.78 is 81.4. The van der Waals surface area contributed by atoms with Crippen LogP contribution >= 0.6 is 15.9 Å². The van der Waals surface area contributed by atoms with Gasteiger partial charge in [0, 0.05) is 29.4 Å². The summed E-state index contributed by atoms with van der Waals surface area (Å²) in [5.41, 5.74) is -0.0243. The summed E-state index contributed by atoms with van der Waals surface area (Å²) in [7, 11) is 0. The van der Waals surface area contributed by atoms with Crippen LogP contribution in [0.2, 0.25) is 0 Å². The van der Waals surface area contributed by atoms with Crippen molar-refractivity contribution in [2.45, 2.75) is 38.8 Å². The van der Waals surface area contributed by atoms with Crippen molar-refractivity contribution in [2.24, 2.45) is 0 Å². The van der Waals surface area contributed by atoms with E-state index in [4.69, 9.17) is 0 Å². The topological polar surface area (TPSA) is 41.6 Å². The summed E-state index contributed by atoms with van der Waals surface area (Å²) in [6.45, 7) is 3.26. The second-order valence-corrected chi connectivity index (χ2v) is 8.00. The minimum absolute atomic E-state index is 0.0288. The van der Waals surface area contributed by atoms with Gasteiger partial charge < -0.3 is 15.0 Å². The third-order valence-electron chi connectivity index (χ3n) is 4.90. The zero-order valence-corrected chi connectivity index (χ0v) is 18.3. The summed E-state index contributed by atoms with van der Waals surface area (Å²) in [4.78, 5) is 14.3. The van der Waals surface area contributed by atoms with Crippen LogP contribution in [-0.4, -0.2) is 18.3 Å². The summed E-state index contributed by atoms with van der Waals surface area (Å²) in [5, 5.41) is 2.57. The molecule has 172 valence electrons. The van der Waals surface area contributed by atoms with Gasteiger partial charge in [0.25, 0.3) is 5.91 Å². The Labute approximate surface area is 188 Å². The van der Waals surface area contributed by atoms with Crippen LogP contribution in [0.15, 0.2) is 58.2 Å². The van der Waals surface area contributed by atoms with E-state index in [1.807, 2.05) is 0 Å². The van der Waals surface area contributed by atoms with E-state index in [-0.39, 0.29) is 27.8 Å². The minimum Gasteiger partial charge on any atom is -0.405 e. The molecule has 1 amide bonds. The molecule has 1 unspecified atom stereocenters. The number of carbonyl (C=O) groups excluding carboxylic acids is 1. The first-order chi connectivity index (χ1) is 14.8. The molecule has 0 saturated heterocycles. The lowest BCUT2D eigenvalue weighted by Crippen LogP contribution is -2.28. The number of benzene rings is 2. The molecule has 1 heterocycles. The first-order valence-electron chi connectivity index (χ1n) is 9.30. The van der Waals surface area contributed by atoms with Gasteiger partial charge in [-0.3, -0.25) is 4.79 Å². The molecule has 1 atom stereocenters. The molecule has 32 heavy (non-hydrogen) atoms. The Bertz CT molecular complexity index is 1060. The zero-order chi connectivity index (χ0) is 23.8. The molecule has 11 heteroatoms. The van der Waals surface area contributed by atoms with Crippen molar-refractivity contribution in [2.75, 3.05) is 10.2 Å². The predicted molar refractivity (Wildman–Crippen MR) is 110 cm³/mol. The molecule has 1 aliphatic heterocycles. The average molecular weight is 523 g/mol. The molecule has 0 fully saturated rings. The summed E-state index contributed by atoms with van der Waals surface area (Å²) >= 11 is 2.96. The van der Waals surface area contributed by atoms with Gasteiger partial charge in [0.1, 0.15) is 5.75 Å². The quantitative estimate of drug-likeness (QED) is 0.445. The number of alkyl halides is 6. The van der Waals surface area contributed by atoms with Crippen molar-refractivity contribution in [1.29, 1.82) is 0 Å². The van der Waals surface area contributed by atoms with Crippen molar-refractivity contribution in [1.82, 2.24) is 0 Å². The van der Waals surface area contributed by atoms with Crippen molar-refractivity contribution in [3.63, 3.8) is 0 Å². The standard InChI is InChI=1S/C21H17BrF6N2O2/c1-11-9-14(12(2)30(11)17-6-4-3-5-15(17)20(23,24)25)19(31)29-13-7-8-18(16(22)10-13)32-21(26,27)28/h3-8,10-11H,9H2,1-2H3,(H,29,31). The Kier molecular flexibility index (Phi) is 6.50. The highest BCUT2D eigenvalue weighted by Gasteiger charge is 2.39. The fourth-order valence-corrected chi connectivity index (χ4v) is 4.06. The highest BCUT2D eigenvalue weighted by Crippen LogP contribution is 2.42. The van der Waals surface area contributed by atoms with Gasteiger partial charge >= 0.3 is 12.5 Å². The van der Waals surface area contributed by atoms with E-state index in [1.54, 1.807) is 13.8 Å². The first-order valence-corrected chi connectivity index (χ1v) is 10.1. The van der Waals surface area contributed by atoms with E-state index in [0.29, 0.717) is 5.70 Å². The normalized spacial score (nSPS) is 17.0. The molecule has 2 aromatic carbocycles. The van der Waals surface area contributed by atoms with Gasteiger partial charge in [0.05, 0.1) is 15.7 Å². The Morgan fingerprint density at radius 1 is 1.12 bits per heavy atom. The number of anilines is 2. The second-order valence-electron chi connectivity index (χ2n) is 7.15. The van der Waals surface area contributed by atoms with Gasteiger partial charge in [-0.1, -0.05) is 12.1 Å². The smallest absolute Gasteiger partial charge is 0.405 e.